The average Bonchev–Trinajstić information content (AvgIpc) is 3.22. The van der Waals surface area contributed by atoms with Crippen LogP contribution in [0.2, 0.25) is 0 Å². The number of halogens is 3. The van der Waals surface area contributed by atoms with Gasteiger partial charge in [0.05, 0.1) is 16.9 Å². The first-order chi connectivity index (χ1) is 12.2. The van der Waals surface area contributed by atoms with E-state index in [1.54, 1.807) is 0 Å². The Kier molecular flexibility index (Phi) is 3.88. The summed E-state index contributed by atoms with van der Waals surface area (Å²) in [6.07, 6.45) is -1.56. The molecule has 2 aliphatic rings. The topological polar surface area (TPSA) is 76.3 Å². The number of benzene rings is 1. The molecule has 0 amide bonds. The SMILES string of the molecule is O=S1(=O)N(Cc2nc(-c3ccc(C(F)(F)F)cc3)no2)CCCC12CC2. The Morgan fingerprint density at radius 2 is 1.85 bits per heavy atom. The Hall–Kier alpha value is -1.94. The second-order valence-corrected chi connectivity index (χ2v) is 9.04. The standard InChI is InChI=1S/C16H16F3N3O3S/c17-16(18,19)12-4-2-11(3-5-12)14-20-13(25-21-14)10-22-9-1-6-15(7-8-15)26(22,23)24/h2-5H,1,6-10H2. The molecule has 140 valence electrons. The third-order valence-electron chi connectivity index (χ3n) is 4.98. The zero-order valence-electron chi connectivity index (χ0n) is 13.7. The molecule has 2 fully saturated rings. The van der Waals surface area contributed by atoms with Crippen LogP contribution < -0.4 is 0 Å². The molecule has 0 atom stereocenters. The van der Waals surface area contributed by atoms with E-state index in [0.29, 0.717) is 31.4 Å². The second-order valence-electron chi connectivity index (χ2n) is 6.71. The van der Waals surface area contributed by atoms with Crippen molar-refractivity contribution in [3.05, 3.63) is 35.7 Å². The lowest BCUT2D eigenvalue weighted by Crippen LogP contribution is -2.44. The third kappa shape index (κ3) is 2.90. The van der Waals surface area contributed by atoms with Gasteiger partial charge in [-0.1, -0.05) is 17.3 Å². The van der Waals surface area contributed by atoms with Crippen LogP contribution in [0.3, 0.4) is 0 Å². The number of aromatic nitrogens is 2. The molecule has 1 spiro atoms. The van der Waals surface area contributed by atoms with Crippen molar-refractivity contribution in [3.8, 4) is 11.4 Å². The molecule has 0 unspecified atom stereocenters. The van der Waals surface area contributed by atoms with Gasteiger partial charge < -0.3 is 4.52 Å². The monoisotopic (exact) mass is 387 g/mol. The number of sulfonamides is 1. The van der Waals surface area contributed by atoms with Gasteiger partial charge in [0.25, 0.3) is 0 Å². The maximum absolute atomic E-state index is 12.6. The molecule has 0 bridgehead atoms. The van der Waals surface area contributed by atoms with E-state index in [9.17, 15) is 21.6 Å². The van der Waals surface area contributed by atoms with Gasteiger partial charge in [0.2, 0.25) is 21.7 Å². The summed E-state index contributed by atoms with van der Waals surface area (Å²) < 4.78 is 69.0. The number of nitrogens with zero attached hydrogens (tertiary/aromatic N) is 3. The Labute approximate surface area is 148 Å². The molecule has 1 aliphatic carbocycles. The Balaban J connectivity index is 1.52. The van der Waals surface area contributed by atoms with Crippen LogP contribution in [0.15, 0.2) is 28.8 Å². The van der Waals surface area contributed by atoms with Crippen LogP contribution in [-0.4, -0.2) is 34.2 Å². The molecule has 0 radical (unpaired) electrons. The molecule has 1 saturated heterocycles. The minimum Gasteiger partial charge on any atom is -0.338 e. The Bertz CT molecular complexity index is 918. The van der Waals surface area contributed by atoms with Crippen molar-refractivity contribution in [2.45, 2.75) is 43.2 Å². The van der Waals surface area contributed by atoms with E-state index < -0.39 is 26.5 Å². The van der Waals surface area contributed by atoms with E-state index in [1.807, 2.05) is 0 Å². The van der Waals surface area contributed by atoms with E-state index in [4.69, 9.17) is 4.52 Å². The summed E-state index contributed by atoms with van der Waals surface area (Å²) in [4.78, 5) is 4.14. The zero-order valence-corrected chi connectivity index (χ0v) is 14.5. The highest BCUT2D eigenvalue weighted by molar-refractivity contribution is 7.90. The van der Waals surface area contributed by atoms with Crippen LogP contribution in [0.1, 0.15) is 37.1 Å². The lowest BCUT2D eigenvalue weighted by molar-refractivity contribution is -0.137. The lowest BCUT2D eigenvalue weighted by Gasteiger charge is -2.31. The van der Waals surface area contributed by atoms with Crippen LogP contribution in [0.25, 0.3) is 11.4 Å². The molecule has 1 aromatic heterocycles. The summed E-state index contributed by atoms with van der Waals surface area (Å²) in [5.74, 6) is 0.255. The van der Waals surface area contributed by atoms with Gasteiger partial charge in [-0.05, 0) is 37.8 Å². The molecule has 2 heterocycles. The fourth-order valence-electron chi connectivity index (χ4n) is 3.31. The summed E-state index contributed by atoms with van der Waals surface area (Å²) in [6, 6.07) is 4.40. The van der Waals surface area contributed by atoms with Gasteiger partial charge in [0, 0.05) is 12.1 Å². The van der Waals surface area contributed by atoms with Crippen molar-refractivity contribution in [1.29, 1.82) is 0 Å². The van der Waals surface area contributed by atoms with E-state index >= 15 is 0 Å². The summed E-state index contributed by atoms with van der Waals surface area (Å²) >= 11 is 0. The predicted molar refractivity (Wildman–Crippen MR) is 85.3 cm³/mol. The van der Waals surface area contributed by atoms with Gasteiger partial charge in [-0.3, -0.25) is 0 Å². The number of hydrogen-bond acceptors (Lipinski definition) is 5. The van der Waals surface area contributed by atoms with Crippen molar-refractivity contribution < 1.29 is 26.1 Å². The number of alkyl halides is 3. The fourth-order valence-corrected chi connectivity index (χ4v) is 5.53. The molecule has 2 aromatic rings. The molecular formula is C16H16F3N3O3S. The average molecular weight is 387 g/mol. The van der Waals surface area contributed by atoms with Crippen molar-refractivity contribution in [2.24, 2.45) is 0 Å². The first-order valence-electron chi connectivity index (χ1n) is 8.21. The molecule has 1 saturated carbocycles. The predicted octanol–water partition coefficient (Wildman–Crippen LogP) is 3.21. The molecule has 0 N–H and O–H groups in total. The number of hydrogen-bond donors (Lipinski definition) is 0. The minimum atomic E-state index is -4.41. The highest BCUT2D eigenvalue weighted by Crippen LogP contribution is 2.51. The maximum atomic E-state index is 12.6. The van der Waals surface area contributed by atoms with Crippen molar-refractivity contribution >= 4 is 10.0 Å². The highest BCUT2D eigenvalue weighted by atomic mass is 32.2. The number of rotatable bonds is 3. The summed E-state index contributed by atoms with van der Waals surface area (Å²) in [6.45, 7) is 0.389. The zero-order chi connectivity index (χ0) is 18.6. The van der Waals surface area contributed by atoms with Crippen molar-refractivity contribution in [1.82, 2.24) is 14.4 Å². The van der Waals surface area contributed by atoms with E-state index in [2.05, 4.69) is 10.1 Å². The molecule has 6 nitrogen and oxygen atoms in total. The van der Waals surface area contributed by atoms with Crippen molar-refractivity contribution in [3.63, 3.8) is 0 Å². The lowest BCUT2D eigenvalue weighted by atomic mass is 10.1. The van der Waals surface area contributed by atoms with E-state index in [-0.39, 0.29) is 18.3 Å². The van der Waals surface area contributed by atoms with Gasteiger partial charge in [-0.15, -0.1) is 0 Å². The molecule has 4 rings (SSSR count). The fraction of sp³-hybridized carbons (Fsp3) is 0.500. The van der Waals surface area contributed by atoms with E-state index in [1.165, 1.54) is 16.4 Å². The first-order valence-corrected chi connectivity index (χ1v) is 9.65. The van der Waals surface area contributed by atoms with E-state index in [0.717, 1.165) is 18.6 Å². The van der Waals surface area contributed by atoms with Gasteiger partial charge in [-0.25, -0.2) is 8.42 Å². The second kappa shape index (κ2) is 5.78. The van der Waals surface area contributed by atoms with Crippen molar-refractivity contribution in [2.75, 3.05) is 6.54 Å². The quantitative estimate of drug-likeness (QED) is 0.808. The molecule has 26 heavy (non-hydrogen) atoms. The largest absolute Gasteiger partial charge is 0.416 e. The van der Waals surface area contributed by atoms with Gasteiger partial charge >= 0.3 is 6.18 Å². The minimum absolute atomic E-state index is 0.0162. The van der Waals surface area contributed by atoms with Crippen LogP contribution in [0.4, 0.5) is 13.2 Å². The third-order valence-corrected chi connectivity index (χ3v) is 7.68. The van der Waals surface area contributed by atoms with Crippen LogP contribution >= 0.6 is 0 Å². The molecule has 10 heteroatoms. The van der Waals surface area contributed by atoms with Crippen LogP contribution in [0.5, 0.6) is 0 Å². The smallest absolute Gasteiger partial charge is 0.338 e. The van der Waals surface area contributed by atoms with Gasteiger partial charge in [-0.2, -0.15) is 22.5 Å². The Morgan fingerprint density at radius 3 is 2.46 bits per heavy atom. The van der Waals surface area contributed by atoms with Gasteiger partial charge in [0.1, 0.15) is 0 Å². The first kappa shape index (κ1) is 17.5. The summed E-state index contributed by atoms with van der Waals surface area (Å²) in [7, 11) is -3.39. The summed E-state index contributed by atoms with van der Waals surface area (Å²) in [5.41, 5.74) is -0.396. The molecule has 1 aliphatic heterocycles. The normalized spacial score (nSPS) is 21.8. The maximum Gasteiger partial charge on any atom is 0.416 e. The molecular weight excluding hydrogens is 371 g/mol. The summed E-state index contributed by atoms with van der Waals surface area (Å²) in [5, 5.41) is 3.75. The highest BCUT2D eigenvalue weighted by Gasteiger charge is 2.58. The van der Waals surface area contributed by atoms with Crippen LogP contribution in [-0.2, 0) is 22.7 Å². The van der Waals surface area contributed by atoms with Crippen LogP contribution in [0, 0.1) is 0 Å². The van der Waals surface area contributed by atoms with Gasteiger partial charge in [0.15, 0.2) is 0 Å². The Morgan fingerprint density at radius 1 is 1.15 bits per heavy atom. The molecule has 1 aromatic carbocycles.